The van der Waals surface area contributed by atoms with E-state index in [1.807, 2.05) is 6.92 Å². The summed E-state index contributed by atoms with van der Waals surface area (Å²) in [5, 5.41) is 0. The molecule has 15 heavy (non-hydrogen) atoms. The zero-order valence-electron chi connectivity index (χ0n) is 9.77. The van der Waals surface area contributed by atoms with Gasteiger partial charge in [-0.15, -0.1) is 0 Å². The molecule has 0 bridgehead atoms. The van der Waals surface area contributed by atoms with Crippen LogP contribution >= 0.6 is 7.60 Å². The normalized spacial score (nSPS) is 18.5. The van der Waals surface area contributed by atoms with Crippen molar-refractivity contribution in [2.75, 3.05) is 6.61 Å². The Kier molecular flexibility index (Phi) is 5.99. The van der Waals surface area contributed by atoms with E-state index in [4.69, 9.17) is 9.47 Å². The summed E-state index contributed by atoms with van der Waals surface area (Å²) in [7, 11) is -4.43. The van der Waals surface area contributed by atoms with Gasteiger partial charge in [0.25, 0.3) is 5.53 Å². The summed E-state index contributed by atoms with van der Waals surface area (Å²) in [5.74, 6) is 0. The lowest BCUT2D eigenvalue weighted by atomic mass is 10.3. The third-order valence-corrected chi connectivity index (χ3v) is 3.66. The van der Waals surface area contributed by atoms with Crippen LogP contribution in [-0.2, 0) is 14.0 Å². The molecule has 5 nitrogen and oxygen atoms in total. The quantitative estimate of drug-likeness (QED) is 0.526. The van der Waals surface area contributed by atoms with E-state index in [0.717, 1.165) is 0 Å². The zero-order valence-corrected chi connectivity index (χ0v) is 10.7. The first kappa shape index (κ1) is 15.1. The van der Waals surface area contributed by atoms with Crippen molar-refractivity contribution in [3.63, 3.8) is 0 Å². The lowest BCUT2D eigenvalue weighted by Gasteiger charge is -2.34. The minimum absolute atomic E-state index is 0.120. The monoisotopic (exact) mass is 240 g/mol. The van der Waals surface area contributed by atoms with Gasteiger partial charge in [-0.05, 0) is 20.3 Å². The number of hydrogen-bond acceptors (Lipinski definition) is 3. The van der Waals surface area contributed by atoms with Crippen LogP contribution in [0.25, 0.3) is 0 Å². The lowest BCUT2D eigenvalue weighted by Crippen LogP contribution is -2.38. The maximum atomic E-state index is 11.4. The third kappa shape index (κ3) is 3.85. The second-order valence-electron chi connectivity index (χ2n) is 3.38. The molecular weight excluding hydrogens is 219 g/mol. The van der Waals surface area contributed by atoms with Gasteiger partial charge in [-0.1, -0.05) is 13.8 Å². The maximum absolute atomic E-state index is 11.4. The molecule has 2 atom stereocenters. The zero-order chi connectivity index (χ0) is 12.1. The Bertz CT molecular complexity index is 227. The Labute approximate surface area is 90.9 Å². The number of rotatable bonds is 7. The Hall–Kier alpha value is 0.0700. The van der Waals surface area contributed by atoms with Gasteiger partial charge in [0.2, 0.25) is 0 Å². The highest BCUT2D eigenvalue weighted by molar-refractivity contribution is 7.53. The van der Waals surface area contributed by atoms with Gasteiger partial charge in [0.05, 0.1) is 6.10 Å². The van der Waals surface area contributed by atoms with Gasteiger partial charge in [-0.3, -0.25) is 4.57 Å². The summed E-state index contributed by atoms with van der Waals surface area (Å²) in [4.78, 5) is 18.5. The van der Waals surface area contributed by atoms with Crippen LogP contribution in [0.4, 0.5) is 0 Å². The second kappa shape index (κ2) is 5.97. The summed E-state index contributed by atoms with van der Waals surface area (Å²) in [6.07, 6.45) is 0.550. The SMILES string of the molecule is CCOC(CC)(OC(C)CC)P(=O)(O)O. The molecule has 0 rings (SSSR count). The summed E-state index contributed by atoms with van der Waals surface area (Å²) < 4.78 is 21.9. The molecule has 0 amide bonds. The topological polar surface area (TPSA) is 76.0 Å². The third-order valence-electron chi connectivity index (χ3n) is 2.22. The minimum atomic E-state index is -4.43. The summed E-state index contributed by atoms with van der Waals surface area (Å²) in [6.45, 7) is 7.17. The molecule has 0 aromatic heterocycles. The first-order valence-electron chi connectivity index (χ1n) is 5.20. The van der Waals surface area contributed by atoms with Crippen LogP contribution < -0.4 is 0 Å². The Morgan fingerprint density at radius 3 is 2.13 bits per heavy atom. The fraction of sp³-hybridized carbons (Fsp3) is 1.00. The molecule has 0 fully saturated rings. The lowest BCUT2D eigenvalue weighted by molar-refractivity contribution is -0.210. The van der Waals surface area contributed by atoms with E-state index in [1.165, 1.54) is 0 Å². The van der Waals surface area contributed by atoms with E-state index >= 15 is 0 Å². The van der Waals surface area contributed by atoms with Crippen molar-refractivity contribution in [2.45, 2.75) is 52.2 Å². The van der Waals surface area contributed by atoms with Gasteiger partial charge in [-0.2, -0.15) is 0 Å². The molecule has 0 aromatic carbocycles. The van der Waals surface area contributed by atoms with Crippen LogP contribution in [0.5, 0.6) is 0 Å². The molecule has 0 spiro atoms. The summed E-state index contributed by atoms with van der Waals surface area (Å²) in [5.41, 5.74) is -1.78. The maximum Gasteiger partial charge on any atom is 0.384 e. The molecule has 0 aliphatic rings. The minimum Gasteiger partial charge on any atom is -0.340 e. The smallest absolute Gasteiger partial charge is 0.340 e. The molecule has 0 aromatic rings. The predicted octanol–water partition coefficient (Wildman–Crippen LogP) is 2.08. The highest BCUT2D eigenvalue weighted by Crippen LogP contribution is 2.54. The van der Waals surface area contributed by atoms with E-state index in [0.29, 0.717) is 6.42 Å². The predicted molar refractivity (Wildman–Crippen MR) is 57.5 cm³/mol. The summed E-state index contributed by atoms with van der Waals surface area (Å²) >= 11 is 0. The standard InChI is InChI=1S/C9H21O5P/c1-5-8(4)14-9(6-2,13-7-3)15(10,11)12/h8H,5-7H2,1-4H3,(H2,10,11,12). The molecular formula is C9H21O5P. The highest BCUT2D eigenvalue weighted by Gasteiger charge is 2.49. The van der Waals surface area contributed by atoms with Crippen molar-refractivity contribution in [2.24, 2.45) is 0 Å². The molecule has 0 saturated carbocycles. The summed E-state index contributed by atoms with van der Waals surface area (Å²) in [6, 6.07) is 0. The number of hydrogen-bond donors (Lipinski definition) is 2. The molecule has 0 saturated heterocycles. The van der Waals surface area contributed by atoms with Crippen molar-refractivity contribution in [3.8, 4) is 0 Å². The van der Waals surface area contributed by atoms with Crippen molar-refractivity contribution in [1.82, 2.24) is 0 Å². The Morgan fingerprint density at radius 1 is 1.33 bits per heavy atom. The first-order chi connectivity index (χ1) is 6.83. The highest BCUT2D eigenvalue weighted by atomic mass is 31.2. The van der Waals surface area contributed by atoms with Gasteiger partial charge in [-0.25, -0.2) is 0 Å². The molecule has 92 valence electrons. The molecule has 0 aliphatic heterocycles. The van der Waals surface area contributed by atoms with Gasteiger partial charge in [0.1, 0.15) is 0 Å². The fourth-order valence-corrected chi connectivity index (χ4v) is 2.23. The van der Waals surface area contributed by atoms with Crippen molar-refractivity contribution < 1.29 is 23.8 Å². The average Bonchev–Trinajstić information content (AvgIpc) is 2.15. The Morgan fingerprint density at radius 2 is 1.87 bits per heavy atom. The first-order valence-corrected chi connectivity index (χ1v) is 6.81. The molecule has 2 unspecified atom stereocenters. The van der Waals surface area contributed by atoms with Gasteiger partial charge < -0.3 is 19.3 Å². The van der Waals surface area contributed by atoms with Crippen molar-refractivity contribution in [1.29, 1.82) is 0 Å². The van der Waals surface area contributed by atoms with Crippen molar-refractivity contribution in [3.05, 3.63) is 0 Å². The fourth-order valence-electron chi connectivity index (χ4n) is 1.20. The van der Waals surface area contributed by atoms with E-state index in [-0.39, 0.29) is 19.1 Å². The van der Waals surface area contributed by atoms with Crippen LogP contribution in [0.2, 0.25) is 0 Å². The van der Waals surface area contributed by atoms with Crippen LogP contribution in [0.1, 0.15) is 40.5 Å². The van der Waals surface area contributed by atoms with Crippen LogP contribution in [0.3, 0.4) is 0 Å². The Balaban J connectivity index is 4.90. The molecule has 0 aliphatic carbocycles. The van der Waals surface area contributed by atoms with Crippen LogP contribution in [0.15, 0.2) is 0 Å². The van der Waals surface area contributed by atoms with Crippen molar-refractivity contribution >= 4 is 7.60 Å². The molecule has 0 radical (unpaired) electrons. The second-order valence-corrected chi connectivity index (χ2v) is 5.15. The average molecular weight is 240 g/mol. The van der Waals surface area contributed by atoms with E-state index in [2.05, 4.69) is 0 Å². The van der Waals surface area contributed by atoms with Gasteiger partial charge in [0.15, 0.2) is 0 Å². The van der Waals surface area contributed by atoms with Gasteiger partial charge in [0, 0.05) is 13.0 Å². The largest absolute Gasteiger partial charge is 0.384 e. The number of ether oxygens (including phenoxy) is 2. The van der Waals surface area contributed by atoms with Crippen LogP contribution in [-0.4, -0.2) is 28.0 Å². The van der Waals surface area contributed by atoms with Crippen LogP contribution in [0, 0.1) is 0 Å². The molecule has 6 heteroatoms. The van der Waals surface area contributed by atoms with E-state index in [1.54, 1.807) is 20.8 Å². The van der Waals surface area contributed by atoms with E-state index < -0.39 is 13.1 Å². The van der Waals surface area contributed by atoms with Gasteiger partial charge >= 0.3 is 7.60 Å². The molecule has 2 N–H and O–H groups in total. The molecule has 0 heterocycles. The van der Waals surface area contributed by atoms with E-state index in [9.17, 15) is 14.4 Å².